The Morgan fingerprint density at radius 3 is 3.00 bits per heavy atom. The molecule has 0 amide bonds. The summed E-state index contributed by atoms with van der Waals surface area (Å²) in [5.74, 6) is 1.88. The van der Waals surface area contributed by atoms with Crippen LogP contribution in [0.15, 0.2) is 21.8 Å². The number of rotatable bonds is 5. The SMILES string of the molecule is CN=C(NCCC1CC1)NCc1ccsc1. The van der Waals surface area contributed by atoms with E-state index < -0.39 is 0 Å². The van der Waals surface area contributed by atoms with E-state index >= 15 is 0 Å². The zero-order valence-corrected chi connectivity index (χ0v) is 10.5. The first-order valence-electron chi connectivity index (χ1n) is 5.84. The smallest absolute Gasteiger partial charge is 0.191 e. The molecule has 0 unspecified atom stereocenters. The quantitative estimate of drug-likeness (QED) is 0.608. The first kappa shape index (κ1) is 11.5. The van der Waals surface area contributed by atoms with Crippen LogP contribution in [-0.2, 0) is 6.54 Å². The predicted octanol–water partition coefficient (Wildman–Crippen LogP) is 2.21. The van der Waals surface area contributed by atoms with E-state index in [0.29, 0.717) is 0 Å². The molecule has 1 aliphatic carbocycles. The minimum atomic E-state index is 0.854. The van der Waals surface area contributed by atoms with Crippen LogP contribution in [0.3, 0.4) is 0 Å². The summed E-state index contributed by atoms with van der Waals surface area (Å²) in [5, 5.41) is 10.9. The molecule has 3 nitrogen and oxygen atoms in total. The summed E-state index contributed by atoms with van der Waals surface area (Å²) in [6, 6.07) is 2.13. The van der Waals surface area contributed by atoms with Gasteiger partial charge in [0.05, 0.1) is 0 Å². The number of nitrogens with zero attached hydrogens (tertiary/aromatic N) is 1. The average Bonchev–Trinajstić information content (AvgIpc) is 2.97. The summed E-state index contributed by atoms with van der Waals surface area (Å²) in [7, 11) is 1.82. The second-order valence-corrected chi connectivity index (χ2v) is 5.00. The largest absolute Gasteiger partial charge is 0.356 e. The van der Waals surface area contributed by atoms with Gasteiger partial charge in [-0.15, -0.1) is 0 Å². The Hall–Kier alpha value is -1.03. The number of thiophene rings is 1. The van der Waals surface area contributed by atoms with Gasteiger partial charge in [0.15, 0.2) is 5.96 Å². The average molecular weight is 237 g/mol. The van der Waals surface area contributed by atoms with Gasteiger partial charge < -0.3 is 10.6 Å². The Kier molecular flexibility index (Phi) is 4.22. The maximum Gasteiger partial charge on any atom is 0.191 e. The molecule has 1 heterocycles. The van der Waals surface area contributed by atoms with Crippen molar-refractivity contribution in [3.63, 3.8) is 0 Å². The molecule has 0 saturated heterocycles. The van der Waals surface area contributed by atoms with Crippen molar-refractivity contribution < 1.29 is 0 Å². The molecule has 0 atom stereocenters. The number of aliphatic imine (C=N–C) groups is 1. The highest BCUT2D eigenvalue weighted by Crippen LogP contribution is 2.31. The summed E-state index contributed by atoms with van der Waals surface area (Å²) >= 11 is 1.73. The topological polar surface area (TPSA) is 36.4 Å². The fraction of sp³-hybridized carbons (Fsp3) is 0.583. The molecular formula is C12H19N3S. The molecule has 1 aromatic heterocycles. The highest BCUT2D eigenvalue weighted by atomic mass is 32.1. The Morgan fingerprint density at radius 2 is 2.38 bits per heavy atom. The van der Waals surface area contributed by atoms with Crippen molar-refractivity contribution >= 4 is 17.3 Å². The minimum Gasteiger partial charge on any atom is -0.356 e. The van der Waals surface area contributed by atoms with Gasteiger partial charge in [-0.1, -0.05) is 12.8 Å². The van der Waals surface area contributed by atoms with E-state index in [0.717, 1.165) is 25.0 Å². The van der Waals surface area contributed by atoms with Gasteiger partial charge in [0.25, 0.3) is 0 Å². The molecule has 4 heteroatoms. The summed E-state index contributed by atoms with van der Waals surface area (Å²) in [6.07, 6.45) is 4.12. The number of hydrogen-bond acceptors (Lipinski definition) is 2. The first-order valence-corrected chi connectivity index (χ1v) is 6.78. The van der Waals surface area contributed by atoms with Gasteiger partial charge in [0.2, 0.25) is 0 Å². The van der Waals surface area contributed by atoms with E-state index in [1.54, 1.807) is 11.3 Å². The van der Waals surface area contributed by atoms with E-state index in [2.05, 4.69) is 32.5 Å². The molecule has 2 N–H and O–H groups in total. The molecular weight excluding hydrogens is 218 g/mol. The van der Waals surface area contributed by atoms with Crippen LogP contribution in [0.25, 0.3) is 0 Å². The van der Waals surface area contributed by atoms with Gasteiger partial charge in [-0.3, -0.25) is 4.99 Å². The molecule has 2 rings (SSSR count). The van der Waals surface area contributed by atoms with Gasteiger partial charge in [-0.2, -0.15) is 11.3 Å². The van der Waals surface area contributed by atoms with Crippen LogP contribution in [0.4, 0.5) is 0 Å². The van der Waals surface area contributed by atoms with E-state index in [-0.39, 0.29) is 0 Å². The lowest BCUT2D eigenvalue weighted by Crippen LogP contribution is -2.37. The molecule has 1 aliphatic rings. The third-order valence-electron chi connectivity index (χ3n) is 2.81. The van der Waals surface area contributed by atoms with Gasteiger partial charge in [-0.25, -0.2) is 0 Å². The molecule has 0 radical (unpaired) electrons. The molecule has 0 aliphatic heterocycles. The van der Waals surface area contributed by atoms with Crippen LogP contribution in [0.1, 0.15) is 24.8 Å². The van der Waals surface area contributed by atoms with Crippen molar-refractivity contribution in [2.24, 2.45) is 10.9 Å². The van der Waals surface area contributed by atoms with Crippen LogP contribution >= 0.6 is 11.3 Å². The summed E-state index contributed by atoms with van der Waals surface area (Å²) < 4.78 is 0. The van der Waals surface area contributed by atoms with Crippen LogP contribution < -0.4 is 10.6 Å². The van der Waals surface area contributed by atoms with Gasteiger partial charge in [-0.05, 0) is 34.7 Å². The fourth-order valence-corrected chi connectivity index (χ4v) is 2.27. The Morgan fingerprint density at radius 1 is 1.50 bits per heavy atom. The highest BCUT2D eigenvalue weighted by Gasteiger charge is 2.20. The lowest BCUT2D eigenvalue weighted by atomic mass is 10.3. The maximum atomic E-state index is 4.20. The van der Waals surface area contributed by atoms with E-state index in [1.807, 2.05) is 7.05 Å². The molecule has 1 saturated carbocycles. The van der Waals surface area contributed by atoms with Crippen molar-refractivity contribution in [2.75, 3.05) is 13.6 Å². The minimum absolute atomic E-state index is 0.854. The van der Waals surface area contributed by atoms with E-state index in [9.17, 15) is 0 Å². The summed E-state index contributed by atoms with van der Waals surface area (Å²) in [4.78, 5) is 4.20. The fourth-order valence-electron chi connectivity index (χ4n) is 1.60. The summed E-state index contributed by atoms with van der Waals surface area (Å²) in [6.45, 7) is 1.89. The van der Waals surface area contributed by atoms with Gasteiger partial charge >= 0.3 is 0 Å². The molecule has 16 heavy (non-hydrogen) atoms. The van der Waals surface area contributed by atoms with Gasteiger partial charge in [0, 0.05) is 20.1 Å². The standard InChI is InChI=1S/C12H19N3S/c1-13-12(14-6-4-10-2-3-10)15-8-11-5-7-16-9-11/h5,7,9-10H,2-4,6,8H2,1H3,(H2,13,14,15). The van der Waals surface area contributed by atoms with E-state index in [4.69, 9.17) is 0 Å². The zero-order valence-electron chi connectivity index (χ0n) is 9.70. The lowest BCUT2D eigenvalue weighted by molar-refractivity contribution is 0.684. The molecule has 1 aromatic rings. The molecule has 88 valence electrons. The van der Waals surface area contributed by atoms with E-state index in [1.165, 1.54) is 24.8 Å². The Bertz CT molecular complexity index is 328. The number of hydrogen-bond donors (Lipinski definition) is 2. The highest BCUT2D eigenvalue weighted by molar-refractivity contribution is 7.07. The monoisotopic (exact) mass is 237 g/mol. The van der Waals surface area contributed by atoms with Crippen molar-refractivity contribution in [1.82, 2.24) is 10.6 Å². The third-order valence-corrected chi connectivity index (χ3v) is 3.54. The lowest BCUT2D eigenvalue weighted by Gasteiger charge is -2.10. The van der Waals surface area contributed by atoms with Crippen molar-refractivity contribution in [1.29, 1.82) is 0 Å². The number of guanidine groups is 1. The Balaban J connectivity index is 1.64. The first-order chi connectivity index (χ1) is 7.88. The van der Waals surface area contributed by atoms with Crippen molar-refractivity contribution in [3.8, 4) is 0 Å². The normalized spacial score (nSPS) is 16.2. The van der Waals surface area contributed by atoms with Gasteiger partial charge in [0.1, 0.15) is 0 Å². The van der Waals surface area contributed by atoms with Crippen molar-refractivity contribution in [3.05, 3.63) is 22.4 Å². The van der Waals surface area contributed by atoms with Crippen LogP contribution in [0.2, 0.25) is 0 Å². The molecule has 0 aromatic carbocycles. The second kappa shape index (κ2) is 5.89. The molecule has 0 bridgehead atoms. The maximum absolute atomic E-state index is 4.20. The predicted molar refractivity (Wildman–Crippen MR) is 69.9 cm³/mol. The van der Waals surface area contributed by atoms with Crippen molar-refractivity contribution in [2.45, 2.75) is 25.8 Å². The molecule has 0 spiro atoms. The molecule has 1 fully saturated rings. The van der Waals surface area contributed by atoms with Crippen LogP contribution in [0, 0.1) is 5.92 Å². The summed E-state index contributed by atoms with van der Waals surface area (Å²) in [5.41, 5.74) is 1.31. The third kappa shape index (κ3) is 3.85. The van der Waals surface area contributed by atoms with Crippen LogP contribution in [0.5, 0.6) is 0 Å². The Labute approximate surface area is 101 Å². The number of nitrogens with one attached hydrogen (secondary N) is 2. The van der Waals surface area contributed by atoms with Crippen LogP contribution in [-0.4, -0.2) is 19.6 Å². The zero-order chi connectivity index (χ0) is 11.2. The second-order valence-electron chi connectivity index (χ2n) is 4.22.